The number of hydrogen-bond donors (Lipinski definition) is 0. The van der Waals surface area contributed by atoms with Gasteiger partial charge in [0.2, 0.25) is 6.29 Å². The second-order valence-electron chi connectivity index (χ2n) is 5.86. The standard InChI is InChI=1S/C22H15Cl2O2/c23-19-13-11-16(12-14-19)20(15-25)21(26)22(24,17-7-3-1-4-8-17)18-9-5-2-6-10-18/h1-14,20H. The van der Waals surface area contributed by atoms with Crippen molar-refractivity contribution in [2.24, 2.45) is 0 Å². The number of hydrogen-bond acceptors (Lipinski definition) is 2. The maximum absolute atomic E-state index is 13.5. The molecule has 4 heteroatoms. The molecule has 3 rings (SSSR count). The molecule has 129 valence electrons. The van der Waals surface area contributed by atoms with Crippen molar-refractivity contribution in [2.45, 2.75) is 10.8 Å². The van der Waals surface area contributed by atoms with E-state index in [9.17, 15) is 9.59 Å². The lowest BCUT2D eigenvalue weighted by Gasteiger charge is -2.29. The summed E-state index contributed by atoms with van der Waals surface area (Å²) in [5, 5.41) is 0.522. The largest absolute Gasteiger partial charge is 0.296 e. The molecule has 2 nitrogen and oxygen atoms in total. The SMILES string of the molecule is O=[C]C(C(=O)C(Cl)(c1ccccc1)c1ccccc1)c1ccc(Cl)cc1. The highest BCUT2D eigenvalue weighted by Crippen LogP contribution is 2.41. The van der Waals surface area contributed by atoms with Gasteiger partial charge in [-0.15, -0.1) is 11.6 Å². The van der Waals surface area contributed by atoms with Crippen LogP contribution in [0, 0.1) is 0 Å². The van der Waals surface area contributed by atoms with E-state index in [1.807, 2.05) is 42.7 Å². The number of alkyl halides is 1. The summed E-state index contributed by atoms with van der Waals surface area (Å²) in [5.41, 5.74) is 1.71. The van der Waals surface area contributed by atoms with Crippen molar-refractivity contribution in [3.63, 3.8) is 0 Å². The molecule has 0 aromatic heterocycles. The van der Waals surface area contributed by atoms with Crippen molar-refractivity contribution in [1.29, 1.82) is 0 Å². The number of benzene rings is 3. The van der Waals surface area contributed by atoms with E-state index in [1.165, 1.54) is 0 Å². The molecule has 0 fully saturated rings. The molecule has 1 radical (unpaired) electrons. The minimum atomic E-state index is -1.50. The van der Waals surface area contributed by atoms with Crippen LogP contribution in [0.3, 0.4) is 0 Å². The maximum atomic E-state index is 13.5. The van der Waals surface area contributed by atoms with E-state index in [-0.39, 0.29) is 0 Å². The molecule has 0 aliphatic rings. The predicted molar refractivity (Wildman–Crippen MR) is 104 cm³/mol. The average molecular weight is 382 g/mol. The van der Waals surface area contributed by atoms with Crippen molar-refractivity contribution in [1.82, 2.24) is 0 Å². The van der Waals surface area contributed by atoms with Gasteiger partial charge in [0, 0.05) is 5.02 Å². The van der Waals surface area contributed by atoms with Crippen LogP contribution in [0.4, 0.5) is 0 Å². The summed E-state index contributed by atoms with van der Waals surface area (Å²) in [6, 6.07) is 24.6. The molecule has 0 spiro atoms. The van der Waals surface area contributed by atoms with Gasteiger partial charge in [-0.05, 0) is 28.8 Å². The zero-order valence-electron chi connectivity index (χ0n) is 13.7. The zero-order valence-corrected chi connectivity index (χ0v) is 15.2. The van der Waals surface area contributed by atoms with E-state index in [4.69, 9.17) is 23.2 Å². The van der Waals surface area contributed by atoms with Crippen LogP contribution in [0.1, 0.15) is 22.6 Å². The van der Waals surface area contributed by atoms with E-state index >= 15 is 0 Å². The van der Waals surface area contributed by atoms with Crippen LogP contribution < -0.4 is 0 Å². The summed E-state index contributed by atoms with van der Waals surface area (Å²) in [4.78, 5) is 23.7. The Morgan fingerprint density at radius 3 is 1.69 bits per heavy atom. The summed E-state index contributed by atoms with van der Waals surface area (Å²) >= 11 is 12.9. The Morgan fingerprint density at radius 1 is 0.808 bits per heavy atom. The Hall–Kier alpha value is -2.42. The van der Waals surface area contributed by atoms with Gasteiger partial charge in [-0.1, -0.05) is 84.4 Å². The third kappa shape index (κ3) is 3.44. The van der Waals surface area contributed by atoms with E-state index in [2.05, 4.69) is 0 Å². The average Bonchev–Trinajstić information content (AvgIpc) is 2.70. The third-order valence-electron chi connectivity index (χ3n) is 4.27. The molecule has 0 aliphatic heterocycles. The molecule has 3 aromatic carbocycles. The van der Waals surface area contributed by atoms with Gasteiger partial charge in [0.15, 0.2) is 10.7 Å². The lowest BCUT2D eigenvalue weighted by Crippen LogP contribution is -2.36. The monoisotopic (exact) mass is 381 g/mol. The quantitative estimate of drug-likeness (QED) is 0.429. The van der Waals surface area contributed by atoms with Crippen LogP contribution in [0.15, 0.2) is 84.9 Å². The highest BCUT2D eigenvalue weighted by Gasteiger charge is 2.44. The Kier molecular flexibility index (Phi) is 5.55. The van der Waals surface area contributed by atoms with E-state index in [1.54, 1.807) is 48.5 Å². The number of Topliss-reactive ketones (excluding diaryl/α,β-unsaturated/α-hetero) is 1. The van der Waals surface area contributed by atoms with E-state index < -0.39 is 16.6 Å². The van der Waals surface area contributed by atoms with Crippen LogP contribution in [0.2, 0.25) is 5.02 Å². The van der Waals surface area contributed by atoms with Gasteiger partial charge in [0.25, 0.3) is 0 Å². The first-order valence-electron chi connectivity index (χ1n) is 8.04. The molecule has 0 saturated heterocycles. The van der Waals surface area contributed by atoms with Gasteiger partial charge in [0.1, 0.15) is 5.92 Å². The summed E-state index contributed by atoms with van der Waals surface area (Å²) in [7, 11) is 0. The van der Waals surface area contributed by atoms with Gasteiger partial charge in [-0.25, -0.2) is 0 Å². The first-order chi connectivity index (χ1) is 12.6. The molecule has 1 atom stereocenters. The van der Waals surface area contributed by atoms with Gasteiger partial charge in [-0.2, -0.15) is 0 Å². The Bertz CT molecular complexity index is 851. The second-order valence-corrected chi connectivity index (χ2v) is 6.86. The maximum Gasteiger partial charge on any atom is 0.214 e. The molecule has 0 amide bonds. The molecule has 0 aliphatic carbocycles. The molecule has 1 unspecified atom stereocenters. The lowest BCUT2D eigenvalue weighted by molar-refractivity contribution is -0.120. The van der Waals surface area contributed by atoms with Crippen molar-refractivity contribution in [3.05, 3.63) is 107 Å². The topological polar surface area (TPSA) is 34.1 Å². The number of carbonyl (C=O) groups is 1. The van der Waals surface area contributed by atoms with E-state index in [0.717, 1.165) is 0 Å². The lowest BCUT2D eigenvalue weighted by atomic mass is 9.79. The highest BCUT2D eigenvalue weighted by molar-refractivity contribution is 6.39. The predicted octanol–water partition coefficient (Wildman–Crippen LogP) is 5.29. The van der Waals surface area contributed by atoms with Crippen molar-refractivity contribution in [2.75, 3.05) is 0 Å². The third-order valence-corrected chi connectivity index (χ3v) is 5.14. The van der Waals surface area contributed by atoms with Crippen LogP contribution in [-0.2, 0) is 14.5 Å². The van der Waals surface area contributed by atoms with Crippen LogP contribution in [0.5, 0.6) is 0 Å². The number of halogens is 2. The Balaban J connectivity index is 2.13. The van der Waals surface area contributed by atoms with Crippen LogP contribution in [0.25, 0.3) is 0 Å². The minimum Gasteiger partial charge on any atom is -0.296 e. The molecule has 0 bridgehead atoms. The van der Waals surface area contributed by atoms with Crippen molar-refractivity contribution < 1.29 is 9.59 Å². The number of carbonyl (C=O) groups excluding carboxylic acids is 2. The molecule has 0 heterocycles. The van der Waals surface area contributed by atoms with E-state index in [0.29, 0.717) is 21.7 Å². The summed E-state index contributed by atoms with van der Waals surface area (Å²) in [6.45, 7) is 0. The zero-order chi connectivity index (χ0) is 18.6. The molecule has 0 saturated carbocycles. The fraction of sp³-hybridized carbons (Fsp3) is 0.0909. The number of rotatable bonds is 6. The van der Waals surface area contributed by atoms with Gasteiger partial charge < -0.3 is 0 Å². The Labute approximate surface area is 162 Å². The van der Waals surface area contributed by atoms with Crippen LogP contribution in [-0.4, -0.2) is 12.1 Å². The van der Waals surface area contributed by atoms with Gasteiger partial charge >= 0.3 is 0 Å². The molecular formula is C22H15Cl2O2. The summed E-state index contributed by atoms with van der Waals surface area (Å²) < 4.78 is 0. The van der Waals surface area contributed by atoms with Gasteiger partial charge in [0.05, 0.1) is 0 Å². The summed E-state index contributed by atoms with van der Waals surface area (Å²) in [5.74, 6) is -1.57. The molecule has 0 N–H and O–H groups in total. The summed E-state index contributed by atoms with van der Waals surface area (Å²) in [6.07, 6.45) is 1.86. The first-order valence-corrected chi connectivity index (χ1v) is 8.80. The Morgan fingerprint density at radius 2 is 1.27 bits per heavy atom. The van der Waals surface area contributed by atoms with Crippen LogP contribution >= 0.6 is 23.2 Å². The first kappa shape index (κ1) is 18.4. The fourth-order valence-electron chi connectivity index (χ4n) is 2.91. The number of ketones is 1. The van der Waals surface area contributed by atoms with Crippen molar-refractivity contribution in [3.8, 4) is 0 Å². The second kappa shape index (κ2) is 7.86. The highest BCUT2D eigenvalue weighted by atomic mass is 35.5. The van der Waals surface area contributed by atoms with Crippen molar-refractivity contribution >= 4 is 35.3 Å². The minimum absolute atomic E-state index is 0.450. The smallest absolute Gasteiger partial charge is 0.214 e. The molecular weight excluding hydrogens is 367 g/mol. The van der Waals surface area contributed by atoms with Gasteiger partial charge in [-0.3, -0.25) is 9.59 Å². The fourth-order valence-corrected chi connectivity index (χ4v) is 3.40. The molecule has 26 heavy (non-hydrogen) atoms. The normalized spacial score (nSPS) is 12.4. The molecule has 3 aromatic rings.